The number of aryl methyl sites for hydroxylation is 1. The van der Waals surface area contributed by atoms with Gasteiger partial charge >= 0.3 is 5.97 Å². The van der Waals surface area contributed by atoms with Gasteiger partial charge in [0.15, 0.2) is 0 Å². The third-order valence-corrected chi connectivity index (χ3v) is 4.09. The molecule has 2 atom stereocenters. The van der Waals surface area contributed by atoms with Gasteiger partial charge in [0.2, 0.25) is 0 Å². The van der Waals surface area contributed by atoms with Crippen LogP contribution >= 0.6 is 0 Å². The fourth-order valence-corrected chi connectivity index (χ4v) is 2.82. The molecule has 0 amide bonds. The first kappa shape index (κ1) is 13.6. The Labute approximate surface area is 119 Å². The molecule has 0 heterocycles. The van der Waals surface area contributed by atoms with Crippen molar-refractivity contribution in [2.45, 2.75) is 50.3 Å². The van der Waals surface area contributed by atoms with Crippen LogP contribution in [0.15, 0.2) is 24.3 Å². The minimum Gasteiger partial charge on any atom is -0.480 e. The normalized spacial score (nSPS) is 23.1. The maximum absolute atomic E-state index is 11.2. The largest absolute Gasteiger partial charge is 0.480 e. The van der Waals surface area contributed by atoms with Crippen molar-refractivity contribution < 1.29 is 14.6 Å². The first-order valence-electron chi connectivity index (χ1n) is 7.42. The minimum absolute atomic E-state index is 0.0443. The Balaban J connectivity index is 1.61. The van der Waals surface area contributed by atoms with Gasteiger partial charge in [0.25, 0.3) is 0 Å². The summed E-state index contributed by atoms with van der Waals surface area (Å²) in [6.45, 7) is 0.241. The number of aliphatic carboxylic acids is 1. The Morgan fingerprint density at radius 1 is 1.35 bits per heavy atom. The molecule has 2 aliphatic rings. The number of carboxylic acid groups (broad SMARTS) is 1. The molecule has 2 N–H and O–H groups in total. The molecule has 1 fully saturated rings. The van der Waals surface area contributed by atoms with E-state index in [1.807, 2.05) is 6.07 Å². The van der Waals surface area contributed by atoms with Crippen LogP contribution in [0.3, 0.4) is 0 Å². The maximum atomic E-state index is 11.2. The zero-order chi connectivity index (χ0) is 13.9. The average molecular weight is 275 g/mol. The molecule has 2 aliphatic carbocycles. The summed E-state index contributed by atoms with van der Waals surface area (Å²) in [7, 11) is 0. The Kier molecular flexibility index (Phi) is 4.03. The first-order chi connectivity index (χ1) is 9.74. The second-order valence-corrected chi connectivity index (χ2v) is 5.74. The number of hydrogen-bond donors (Lipinski definition) is 2. The topological polar surface area (TPSA) is 58.6 Å². The fraction of sp³-hybridized carbons (Fsp3) is 0.562. The number of rotatable bonds is 6. The van der Waals surface area contributed by atoms with E-state index in [2.05, 4.69) is 23.5 Å². The van der Waals surface area contributed by atoms with Crippen molar-refractivity contribution in [1.82, 2.24) is 5.32 Å². The third kappa shape index (κ3) is 3.19. The van der Waals surface area contributed by atoms with Crippen LogP contribution in [0, 0.1) is 0 Å². The highest BCUT2D eigenvalue weighted by atomic mass is 16.5. The van der Waals surface area contributed by atoms with E-state index < -0.39 is 12.0 Å². The van der Waals surface area contributed by atoms with Crippen molar-refractivity contribution in [1.29, 1.82) is 0 Å². The molecule has 3 rings (SSSR count). The lowest BCUT2D eigenvalue weighted by Crippen LogP contribution is -2.42. The lowest BCUT2D eigenvalue weighted by atomic mass is 9.89. The predicted molar refractivity (Wildman–Crippen MR) is 75.7 cm³/mol. The van der Waals surface area contributed by atoms with Gasteiger partial charge in [-0.1, -0.05) is 24.3 Å². The number of nitrogens with one attached hydrogen (secondary N) is 1. The van der Waals surface area contributed by atoms with Crippen LogP contribution in [-0.4, -0.2) is 29.8 Å². The van der Waals surface area contributed by atoms with Crippen LogP contribution in [-0.2, 0) is 16.0 Å². The van der Waals surface area contributed by atoms with Gasteiger partial charge in [0.05, 0.1) is 12.7 Å². The van der Waals surface area contributed by atoms with Gasteiger partial charge < -0.3 is 9.84 Å². The molecule has 0 spiro atoms. The molecule has 1 saturated carbocycles. The Morgan fingerprint density at radius 3 is 2.90 bits per heavy atom. The van der Waals surface area contributed by atoms with Gasteiger partial charge in [-0.2, -0.15) is 0 Å². The smallest absolute Gasteiger partial charge is 0.323 e. The summed E-state index contributed by atoms with van der Waals surface area (Å²) >= 11 is 0. The van der Waals surface area contributed by atoms with E-state index >= 15 is 0 Å². The first-order valence-corrected chi connectivity index (χ1v) is 7.42. The Bertz CT molecular complexity index is 484. The van der Waals surface area contributed by atoms with Crippen molar-refractivity contribution in [3.8, 4) is 0 Å². The number of carbonyl (C=O) groups is 1. The molecule has 108 valence electrons. The van der Waals surface area contributed by atoms with Crippen LogP contribution in [0.5, 0.6) is 0 Å². The molecule has 4 heteroatoms. The van der Waals surface area contributed by atoms with Crippen molar-refractivity contribution in [2.75, 3.05) is 6.61 Å². The summed E-state index contributed by atoms with van der Waals surface area (Å²) in [5, 5.41) is 12.4. The van der Waals surface area contributed by atoms with Crippen LogP contribution in [0.2, 0.25) is 0 Å². The summed E-state index contributed by atoms with van der Waals surface area (Å²) in [6.07, 6.45) is 5.38. The van der Waals surface area contributed by atoms with Crippen LogP contribution in [0.25, 0.3) is 0 Å². The molecule has 0 bridgehead atoms. The lowest BCUT2D eigenvalue weighted by molar-refractivity contribution is -0.142. The van der Waals surface area contributed by atoms with Gasteiger partial charge in [-0.25, -0.2) is 0 Å². The highest BCUT2D eigenvalue weighted by molar-refractivity contribution is 5.73. The summed E-state index contributed by atoms with van der Waals surface area (Å²) in [5.41, 5.74) is 2.57. The molecule has 2 unspecified atom stereocenters. The standard InChI is InChI=1S/C16H21NO3/c18-16(19)14(17-12-8-9-12)10-20-15-7-3-5-11-4-1-2-6-13(11)15/h1-2,4,6,12,14-15,17H,3,5,7-10H2,(H,18,19). The van der Waals surface area contributed by atoms with Crippen molar-refractivity contribution in [3.05, 3.63) is 35.4 Å². The highest BCUT2D eigenvalue weighted by Crippen LogP contribution is 2.32. The van der Waals surface area contributed by atoms with E-state index in [4.69, 9.17) is 4.74 Å². The molecule has 1 aromatic carbocycles. The summed E-state index contributed by atoms with van der Waals surface area (Å²) in [6, 6.07) is 8.11. The highest BCUT2D eigenvalue weighted by Gasteiger charge is 2.29. The summed E-state index contributed by atoms with van der Waals surface area (Å²) in [5.74, 6) is -0.819. The van der Waals surface area contributed by atoms with E-state index in [0.717, 1.165) is 32.1 Å². The molecular formula is C16H21NO3. The minimum atomic E-state index is -0.819. The molecular weight excluding hydrogens is 254 g/mol. The second-order valence-electron chi connectivity index (χ2n) is 5.74. The second kappa shape index (κ2) is 5.94. The zero-order valence-corrected chi connectivity index (χ0v) is 11.5. The van der Waals surface area contributed by atoms with Crippen molar-refractivity contribution >= 4 is 5.97 Å². The average Bonchev–Trinajstić information content (AvgIpc) is 3.27. The number of fused-ring (bicyclic) bond motifs is 1. The van der Waals surface area contributed by atoms with Crippen LogP contribution in [0.4, 0.5) is 0 Å². The van der Waals surface area contributed by atoms with Gasteiger partial charge in [-0.05, 0) is 43.2 Å². The van der Waals surface area contributed by atoms with E-state index in [0.29, 0.717) is 6.04 Å². The van der Waals surface area contributed by atoms with E-state index in [1.165, 1.54) is 11.1 Å². The molecule has 0 radical (unpaired) electrons. The predicted octanol–water partition coefficient (Wildman–Crippen LogP) is 2.29. The fourth-order valence-electron chi connectivity index (χ4n) is 2.82. The van der Waals surface area contributed by atoms with Crippen molar-refractivity contribution in [3.63, 3.8) is 0 Å². The quantitative estimate of drug-likeness (QED) is 0.836. The van der Waals surface area contributed by atoms with Gasteiger partial charge in [0, 0.05) is 6.04 Å². The SMILES string of the molecule is O=C(O)C(COC1CCCc2ccccc21)NC1CC1. The Morgan fingerprint density at radius 2 is 2.15 bits per heavy atom. The number of hydrogen-bond acceptors (Lipinski definition) is 3. The van der Waals surface area contributed by atoms with Crippen LogP contribution in [0.1, 0.15) is 42.9 Å². The maximum Gasteiger partial charge on any atom is 0.323 e. The van der Waals surface area contributed by atoms with Crippen molar-refractivity contribution in [2.24, 2.45) is 0 Å². The molecule has 4 nitrogen and oxygen atoms in total. The number of benzene rings is 1. The zero-order valence-electron chi connectivity index (χ0n) is 11.5. The summed E-state index contributed by atoms with van der Waals surface area (Å²) < 4.78 is 5.92. The van der Waals surface area contributed by atoms with Crippen LogP contribution < -0.4 is 5.32 Å². The number of carboxylic acids is 1. The lowest BCUT2D eigenvalue weighted by Gasteiger charge is -2.27. The summed E-state index contributed by atoms with van der Waals surface area (Å²) in [4.78, 5) is 11.2. The molecule has 0 saturated heterocycles. The van der Waals surface area contributed by atoms with E-state index in [-0.39, 0.29) is 12.7 Å². The molecule has 1 aromatic rings. The Hall–Kier alpha value is -1.39. The van der Waals surface area contributed by atoms with Gasteiger partial charge in [-0.15, -0.1) is 0 Å². The van der Waals surface area contributed by atoms with Gasteiger partial charge in [-0.3, -0.25) is 10.1 Å². The molecule has 20 heavy (non-hydrogen) atoms. The van der Waals surface area contributed by atoms with E-state index in [1.54, 1.807) is 0 Å². The third-order valence-electron chi connectivity index (χ3n) is 4.09. The number of ether oxygens (including phenoxy) is 1. The van der Waals surface area contributed by atoms with E-state index in [9.17, 15) is 9.90 Å². The van der Waals surface area contributed by atoms with Gasteiger partial charge in [0.1, 0.15) is 6.04 Å². The molecule has 0 aliphatic heterocycles. The monoisotopic (exact) mass is 275 g/mol. The molecule has 0 aromatic heterocycles.